The first-order chi connectivity index (χ1) is 9.31. The predicted octanol–water partition coefficient (Wildman–Crippen LogP) is 1.30. The maximum absolute atomic E-state index is 11.6. The fourth-order valence-corrected chi connectivity index (χ4v) is 2.27. The largest absolute Gasteiger partial charge is 0.325 e. The molecule has 1 aromatic carbocycles. The van der Waals surface area contributed by atoms with Gasteiger partial charge in [-0.15, -0.1) is 0 Å². The van der Waals surface area contributed by atoms with Crippen LogP contribution in [0.2, 0.25) is 0 Å². The second-order valence-electron chi connectivity index (χ2n) is 4.63. The van der Waals surface area contributed by atoms with E-state index in [-0.39, 0.29) is 12.5 Å². The summed E-state index contributed by atoms with van der Waals surface area (Å²) in [5.41, 5.74) is 1.90. The van der Waals surface area contributed by atoms with Gasteiger partial charge >= 0.3 is 0 Å². The van der Waals surface area contributed by atoms with E-state index >= 15 is 0 Å². The van der Waals surface area contributed by atoms with Crippen LogP contribution in [0.5, 0.6) is 0 Å². The zero-order chi connectivity index (χ0) is 15.2. The molecule has 1 rings (SSSR count). The van der Waals surface area contributed by atoms with E-state index in [0.717, 1.165) is 24.8 Å². The van der Waals surface area contributed by atoms with Crippen molar-refractivity contribution in [3.05, 3.63) is 23.8 Å². The monoisotopic (exact) mass is 299 g/mol. The van der Waals surface area contributed by atoms with Gasteiger partial charge < -0.3 is 10.6 Å². The average Bonchev–Trinajstić information content (AvgIpc) is 2.31. The molecule has 1 aromatic rings. The summed E-state index contributed by atoms with van der Waals surface area (Å²) >= 11 is 0. The first kappa shape index (κ1) is 16.5. The molecule has 0 spiro atoms. The predicted molar refractivity (Wildman–Crippen MR) is 81.4 cm³/mol. The highest BCUT2D eigenvalue weighted by molar-refractivity contribution is 7.92. The van der Waals surface area contributed by atoms with Crippen LogP contribution in [-0.2, 0) is 14.8 Å². The molecule has 112 valence electrons. The molecule has 0 aliphatic carbocycles. The molecule has 0 aliphatic heterocycles. The molecule has 1 amide bonds. The molecule has 0 saturated heterocycles. The number of aryl methyl sites for hydroxylation is 1. The lowest BCUT2D eigenvalue weighted by Gasteiger charge is -2.11. The number of amides is 1. The Morgan fingerprint density at radius 3 is 2.55 bits per heavy atom. The van der Waals surface area contributed by atoms with Crippen molar-refractivity contribution in [2.24, 2.45) is 0 Å². The van der Waals surface area contributed by atoms with Crippen LogP contribution in [0.3, 0.4) is 0 Å². The average molecular weight is 299 g/mol. The van der Waals surface area contributed by atoms with Crippen LogP contribution in [0.25, 0.3) is 0 Å². The minimum atomic E-state index is -3.30. The van der Waals surface area contributed by atoms with E-state index in [1.165, 1.54) is 0 Å². The quantitative estimate of drug-likeness (QED) is 0.662. The SMILES string of the molecule is CCCNCC(=O)Nc1ccc(NS(C)(=O)=O)c(C)c1. The summed E-state index contributed by atoms with van der Waals surface area (Å²) in [5.74, 6) is -0.123. The van der Waals surface area contributed by atoms with Gasteiger partial charge in [-0.2, -0.15) is 0 Å². The van der Waals surface area contributed by atoms with Crippen LogP contribution in [0, 0.1) is 6.92 Å². The molecule has 0 saturated carbocycles. The van der Waals surface area contributed by atoms with Crippen molar-refractivity contribution in [2.45, 2.75) is 20.3 Å². The van der Waals surface area contributed by atoms with Gasteiger partial charge in [-0.25, -0.2) is 8.42 Å². The molecule has 0 aliphatic rings. The van der Waals surface area contributed by atoms with Gasteiger partial charge in [0.1, 0.15) is 0 Å². The van der Waals surface area contributed by atoms with Crippen molar-refractivity contribution in [3.63, 3.8) is 0 Å². The molecule has 0 aromatic heterocycles. The van der Waals surface area contributed by atoms with E-state index in [0.29, 0.717) is 11.4 Å². The van der Waals surface area contributed by atoms with Gasteiger partial charge in [-0.3, -0.25) is 9.52 Å². The van der Waals surface area contributed by atoms with Crippen molar-refractivity contribution < 1.29 is 13.2 Å². The summed E-state index contributed by atoms with van der Waals surface area (Å²) in [6.45, 7) is 4.86. The molecular weight excluding hydrogens is 278 g/mol. The van der Waals surface area contributed by atoms with Crippen LogP contribution < -0.4 is 15.4 Å². The van der Waals surface area contributed by atoms with Crippen molar-refractivity contribution in [1.82, 2.24) is 5.32 Å². The van der Waals surface area contributed by atoms with Crippen LogP contribution in [0.1, 0.15) is 18.9 Å². The molecule has 0 bridgehead atoms. The highest BCUT2D eigenvalue weighted by Crippen LogP contribution is 2.20. The summed E-state index contributed by atoms with van der Waals surface area (Å²) in [6, 6.07) is 5.02. The second-order valence-corrected chi connectivity index (χ2v) is 6.38. The van der Waals surface area contributed by atoms with E-state index in [2.05, 4.69) is 15.4 Å². The third-order valence-electron chi connectivity index (χ3n) is 2.52. The molecule has 0 fully saturated rings. The topological polar surface area (TPSA) is 87.3 Å². The summed E-state index contributed by atoms with van der Waals surface area (Å²) in [4.78, 5) is 11.6. The van der Waals surface area contributed by atoms with Crippen LogP contribution >= 0.6 is 0 Å². The molecule has 3 N–H and O–H groups in total. The van der Waals surface area contributed by atoms with Crippen LogP contribution in [0.15, 0.2) is 18.2 Å². The number of hydrogen-bond acceptors (Lipinski definition) is 4. The maximum Gasteiger partial charge on any atom is 0.238 e. The Balaban J connectivity index is 2.65. The minimum Gasteiger partial charge on any atom is -0.325 e. The number of carbonyl (C=O) groups is 1. The minimum absolute atomic E-state index is 0.123. The van der Waals surface area contributed by atoms with Crippen molar-refractivity contribution in [1.29, 1.82) is 0 Å². The maximum atomic E-state index is 11.6. The molecule has 0 unspecified atom stereocenters. The number of anilines is 2. The third-order valence-corrected chi connectivity index (χ3v) is 3.11. The first-order valence-electron chi connectivity index (χ1n) is 6.41. The van der Waals surface area contributed by atoms with Gasteiger partial charge in [0.2, 0.25) is 15.9 Å². The van der Waals surface area contributed by atoms with E-state index in [1.807, 2.05) is 6.92 Å². The van der Waals surface area contributed by atoms with Gasteiger partial charge in [0.25, 0.3) is 0 Å². The Morgan fingerprint density at radius 1 is 1.30 bits per heavy atom. The van der Waals surface area contributed by atoms with Gasteiger partial charge in [-0.1, -0.05) is 6.92 Å². The fraction of sp³-hybridized carbons (Fsp3) is 0.462. The lowest BCUT2D eigenvalue weighted by atomic mass is 10.2. The molecule has 6 nitrogen and oxygen atoms in total. The first-order valence-corrected chi connectivity index (χ1v) is 8.30. The van der Waals surface area contributed by atoms with E-state index in [4.69, 9.17) is 0 Å². The molecule has 0 heterocycles. The van der Waals surface area contributed by atoms with Crippen LogP contribution in [0.4, 0.5) is 11.4 Å². The van der Waals surface area contributed by atoms with Crippen molar-refractivity contribution in [3.8, 4) is 0 Å². The van der Waals surface area contributed by atoms with E-state index in [1.54, 1.807) is 25.1 Å². The summed E-state index contributed by atoms with van der Waals surface area (Å²) in [6.07, 6.45) is 2.07. The molecule has 20 heavy (non-hydrogen) atoms. The zero-order valence-corrected chi connectivity index (χ0v) is 12.8. The van der Waals surface area contributed by atoms with Gasteiger partial charge in [0.05, 0.1) is 18.5 Å². The van der Waals surface area contributed by atoms with Crippen molar-refractivity contribution in [2.75, 3.05) is 29.4 Å². The number of carbonyl (C=O) groups excluding carboxylic acids is 1. The number of rotatable bonds is 7. The Labute approximate surface area is 120 Å². The normalized spacial score (nSPS) is 11.2. The molecule has 0 atom stereocenters. The highest BCUT2D eigenvalue weighted by Gasteiger charge is 2.07. The summed E-state index contributed by atoms with van der Waals surface area (Å²) in [7, 11) is -3.30. The second kappa shape index (κ2) is 7.25. The molecule has 7 heteroatoms. The fourth-order valence-electron chi connectivity index (χ4n) is 1.64. The summed E-state index contributed by atoms with van der Waals surface area (Å²) < 4.78 is 24.8. The van der Waals surface area contributed by atoms with E-state index in [9.17, 15) is 13.2 Å². The number of benzene rings is 1. The Morgan fingerprint density at radius 2 is 2.00 bits per heavy atom. The third kappa shape index (κ3) is 6.03. The van der Waals surface area contributed by atoms with Gasteiger partial charge in [-0.05, 0) is 43.7 Å². The number of nitrogens with one attached hydrogen (secondary N) is 3. The standard InChI is InChI=1S/C13H21N3O3S/c1-4-7-14-9-13(17)15-11-5-6-12(10(2)8-11)16-20(3,18)19/h5-6,8,14,16H,4,7,9H2,1-3H3,(H,15,17). The lowest BCUT2D eigenvalue weighted by molar-refractivity contribution is -0.115. The lowest BCUT2D eigenvalue weighted by Crippen LogP contribution is -2.28. The number of sulfonamides is 1. The summed E-state index contributed by atoms with van der Waals surface area (Å²) in [5, 5.41) is 5.76. The number of hydrogen-bond donors (Lipinski definition) is 3. The Bertz CT molecular complexity index is 570. The van der Waals surface area contributed by atoms with Gasteiger partial charge in [0, 0.05) is 5.69 Å². The van der Waals surface area contributed by atoms with E-state index < -0.39 is 10.0 Å². The Kier molecular flexibility index (Phi) is 5.97. The van der Waals surface area contributed by atoms with Gasteiger partial charge in [0.15, 0.2) is 0 Å². The molecule has 0 radical (unpaired) electrons. The molecular formula is C13H21N3O3S. The Hall–Kier alpha value is -1.60. The van der Waals surface area contributed by atoms with Crippen LogP contribution in [-0.4, -0.2) is 33.7 Å². The smallest absolute Gasteiger partial charge is 0.238 e. The van der Waals surface area contributed by atoms with Crippen molar-refractivity contribution >= 4 is 27.3 Å². The zero-order valence-electron chi connectivity index (χ0n) is 12.0. The highest BCUT2D eigenvalue weighted by atomic mass is 32.2.